The summed E-state index contributed by atoms with van der Waals surface area (Å²) in [5, 5.41) is 0. The Kier molecular flexibility index (Phi) is 9.72. The SMILES string of the molecule is CC.NC(=O)c1ccc(N2CCCC2)cc1.NC(=O)c1ncc(N2CCCCC2)nc1N. The highest BCUT2D eigenvalue weighted by Gasteiger charge is 2.16. The van der Waals surface area contributed by atoms with E-state index in [0.29, 0.717) is 5.56 Å². The number of primary amides is 2. The maximum atomic E-state index is 10.9. The fourth-order valence-electron chi connectivity index (χ4n) is 3.67. The smallest absolute Gasteiger partial charge is 0.271 e. The summed E-state index contributed by atoms with van der Waals surface area (Å²) in [5.41, 5.74) is 17.7. The van der Waals surface area contributed by atoms with Crippen LogP contribution in [0.4, 0.5) is 17.3 Å². The van der Waals surface area contributed by atoms with Gasteiger partial charge in [0, 0.05) is 37.4 Å². The van der Waals surface area contributed by atoms with Gasteiger partial charge in [-0.3, -0.25) is 9.59 Å². The van der Waals surface area contributed by atoms with Gasteiger partial charge in [0.2, 0.25) is 5.91 Å². The molecule has 0 unspecified atom stereocenters. The molecule has 9 nitrogen and oxygen atoms in total. The number of anilines is 3. The van der Waals surface area contributed by atoms with Crippen molar-refractivity contribution in [2.75, 3.05) is 41.7 Å². The van der Waals surface area contributed by atoms with Crippen molar-refractivity contribution in [2.45, 2.75) is 46.0 Å². The van der Waals surface area contributed by atoms with E-state index in [2.05, 4.69) is 19.8 Å². The Morgan fingerprint density at radius 2 is 1.34 bits per heavy atom. The summed E-state index contributed by atoms with van der Waals surface area (Å²) in [5.74, 6) is -0.175. The molecule has 0 bridgehead atoms. The molecule has 0 saturated carbocycles. The minimum Gasteiger partial charge on any atom is -0.382 e. The van der Waals surface area contributed by atoms with Gasteiger partial charge in [0.25, 0.3) is 5.91 Å². The number of carbonyl (C=O) groups excluding carboxylic acids is 2. The molecule has 2 saturated heterocycles. The lowest BCUT2D eigenvalue weighted by atomic mass is 10.1. The van der Waals surface area contributed by atoms with Gasteiger partial charge in [-0.1, -0.05) is 13.8 Å². The summed E-state index contributed by atoms with van der Waals surface area (Å²) in [4.78, 5) is 34.3. The Labute approximate surface area is 190 Å². The highest BCUT2D eigenvalue weighted by atomic mass is 16.1. The van der Waals surface area contributed by atoms with Crippen LogP contribution in [0.25, 0.3) is 0 Å². The van der Waals surface area contributed by atoms with E-state index in [1.165, 1.54) is 24.9 Å². The third-order valence-corrected chi connectivity index (χ3v) is 5.32. The van der Waals surface area contributed by atoms with Crippen LogP contribution in [0.3, 0.4) is 0 Å². The number of amides is 2. The van der Waals surface area contributed by atoms with Gasteiger partial charge in [-0.2, -0.15) is 0 Å². The summed E-state index contributed by atoms with van der Waals surface area (Å²) in [6, 6.07) is 7.50. The van der Waals surface area contributed by atoms with E-state index in [0.717, 1.165) is 44.8 Å². The summed E-state index contributed by atoms with van der Waals surface area (Å²) >= 11 is 0. The second-order valence-electron chi connectivity index (χ2n) is 7.48. The average Bonchev–Trinajstić information content (AvgIpc) is 3.36. The zero-order valence-corrected chi connectivity index (χ0v) is 19.1. The Balaban J connectivity index is 0.000000212. The average molecular weight is 442 g/mol. The minimum atomic E-state index is -0.643. The van der Waals surface area contributed by atoms with Crippen molar-refractivity contribution in [3.63, 3.8) is 0 Å². The first kappa shape index (κ1) is 24.9. The summed E-state index contributed by atoms with van der Waals surface area (Å²) in [7, 11) is 0. The number of nitrogens with zero attached hydrogens (tertiary/aromatic N) is 4. The minimum absolute atomic E-state index is 0.0424. The molecule has 2 amide bonds. The van der Waals surface area contributed by atoms with Crippen LogP contribution in [0.15, 0.2) is 30.5 Å². The number of rotatable bonds is 4. The Bertz CT molecular complexity index is 874. The van der Waals surface area contributed by atoms with E-state index in [-0.39, 0.29) is 17.4 Å². The molecule has 0 radical (unpaired) electrons. The number of carbonyl (C=O) groups is 2. The van der Waals surface area contributed by atoms with Crippen LogP contribution in [0.1, 0.15) is 66.8 Å². The number of nitrogens with two attached hydrogens (primary N) is 3. The van der Waals surface area contributed by atoms with Crippen LogP contribution >= 0.6 is 0 Å². The van der Waals surface area contributed by atoms with Crippen molar-refractivity contribution in [1.82, 2.24) is 9.97 Å². The fourth-order valence-corrected chi connectivity index (χ4v) is 3.67. The molecule has 0 aliphatic carbocycles. The third kappa shape index (κ3) is 6.83. The van der Waals surface area contributed by atoms with E-state index in [1.807, 2.05) is 26.0 Å². The van der Waals surface area contributed by atoms with E-state index in [1.54, 1.807) is 18.3 Å². The van der Waals surface area contributed by atoms with Crippen molar-refractivity contribution in [2.24, 2.45) is 11.5 Å². The predicted molar refractivity (Wildman–Crippen MR) is 129 cm³/mol. The van der Waals surface area contributed by atoms with Crippen LogP contribution in [0.5, 0.6) is 0 Å². The summed E-state index contributed by atoms with van der Waals surface area (Å²) < 4.78 is 0. The second kappa shape index (κ2) is 12.5. The third-order valence-electron chi connectivity index (χ3n) is 5.32. The van der Waals surface area contributed by atoms with Crippen LogP contribution in [-0.4, -0.2) is 48.0 Å². The summed E-state index contributed by atoms with van der Waals surface area (Å²) in [6.45, 7) is 8.17. The van der Waals surface area contributed by atoms with Crippen molar-refractivity contribution >= 4 is 29.1 Å². The molecular formula is C23H35N7O2. The van der Waals surface area contributed by atoms with Gasteiger partial charge in [0.05, 0.1) is 6.20 Å². The van der Waals surface area contributed by atoms with Gasteiger partial charge in [-0.25, -0.2) is 9.97 Å². The lowest BCUT2D eigenvalue weighted by molar-refractivity contribution is 0.0989. The second-order valence-corrected chi connectivity index (χ2v) is 7.48. The van der Waals surface area contributed by atoms with Crippen molar-refractivity contribution in [3.05, 3.63) is 41.7 Å². The molecule has 2 aromatic rings. The van der Waals surface area contributed by atoms with E-state index in [9.17, 15) is 9.59 Å². The number of benzene rings is 1. The van der Waals surface area contributed by atoms with Gasteiger partial charge >= 0.3 is 0 Å². The number of hydrogen-bond donors (Lipinski definition) is 3. The Morgan fingerprint density at radius 1 is 0.812 bits per heavy atom. The monoisotopic (exact) mass is 441 g/mol. The van der Waals surface area contributed by atoms with E-state index >= 15 is 0 Å². The molecule has 2 aliphatic rings. The topological polar surface area (TPSA) is 144 Å². The Hall–Kier alpha value is -3.36. The molecular weight excluding hydrogens is 406 g/mol. The first-order valence-electron chi connectivity index (χ1n) is 11.3. The molecule has 0 atom stereocenters. The van der Waals surface area contributed by atoms with Gasteiger partial charge in [-0.05, 0) is 56.4 Å². The predicted octanol–water partition coefficient (Wildman–Crippen LogP) is 2.56. The van der Waals surface area contributed by atoms with Crippen molar-refractivity contribution in [1.29, 1.82) is 0 Å². The summed E-state index contributed by atoms with van der Waals surface area (Å²) in [6.07, 6.45) is 7.63. The first-order chi connectivity index (χ1) is 15.5. The van der Waals surface area contributed by atoms with Crippen LogP contribution in [0.2, 0.25) is 0 Å². The number of aromatic nitrogens is 2. The van der Waals surface area contributed by atoms with Crippen LogP contribution < -0.4 is 27.0 Å². The molecule has 4 rings (SSSR count). The molecule has 1 aromatic carbocycles. The largest absolute Gasteiger partial charge is 0.382 e. The van der Waals surface area contributed by atoms with Crippen molar-refractivity contribution < 1.29 is 9.59 Å². The highest BCUT2D eigenvalue weighted by Crippen LogP contribution is 2.20. The fraction of sp³-hybridized carbons (Fsp3) is 0.478. The molecule has 0 spiro atoms. The zero-order valence-electron chi connectivity index (χ0n) is 19.1. The Morgan fingerprint density at radius 3 is 1.84 bits per heavy atom. The quantitative estimate of drug-likeness (QED) is 0.661. The molecule has 9 heteroatoms. The van der Waals surface area contributed by atoms with E-state index in [4.69, 9.17) is 17.2 Å². The molecule has 32 heavy (non-hydrogen) atoms. The van der Waals surface area contributed by atoms with Crippen LogP contribution in [0, 0.1) is 0 Å². The molecule has 174 valence electrons. The number of nitrogen functional groups attached to an aromatic ring is 1. The molecule has 1 aromatic heterocycles. The lowest BCUT2D eigenvalue weighted by Gasteiger charge is -2.27. The number of hydrogen-bond acceptors (Lipinski definition) is 7. The standard InChI is InChI=1S/C11H14N2O.C10H15N5O.C2H6/c12-11(14)9-3-5-10(6-4-9)13-7-1-2-8-13;11-9-8(10(12)16)13-6-7(14-9)15-4-2-1-3-5-15;1-2/h3-6H,1-2,7-8H2,(H2,12,14);6H,1-5H2,(H2,11,14)(H2,12,16);1-2H3. The lowest BCUT2D eigenvalue weighted by Crippen LogP contribution is -2.31. The number of piperidine rings is 1. The first-order valence-corrected chi connectivity index (χ1v) is 11.3. The molecule has 6 N–H and O–H groups in total. The zero-order chi connectivity index (χ0) is 23.5. The molecule has 3 heterocycles. The van der Waals surface area contributed by atoms with Crippen LogP contribution in [-0.2, 0) is 0 Å². The maximum absolute atomic E-state index is 10.9. The maximum Gasteiger partial charge on any atom is 0.271 e. The van der Waals surface area contributed by atoms with Gasteiger partial charge < -0.3 is 27.0 Å². The molecule has 2 fully saturated rings. The van der Waals surface area contributed by atoms with E-state index < -0.39 is 5.91 Å². The molecule has 2 aliphatic heterocycles. The van der Waals surface area contributed by atoms with Gasteiger partial charge in [0.1, 0.15) is 5.82 Å². The normalized spacial score (nSPS) is 15.2. The van der Waals surface area contributed by atoms with Crippen molar-refractivity contribution in [3.8, 4) is 0 Å². The van der Waals surface area contributed by atoms with Gasteiger partial charge in [-0.15, -0.1) is 0 Å². The van der Waals surface area contributed by atoms with Gasteiger partial charge in [0.15, 0.2) is 11.5 Å². The highest BCUT2D eigenvalue weighted by molar-refractivity contribution is 5.95.